The first-order chi connectivity index (χ1) is 21.5. The molecule has 44 heavy (non-hydrogen) atoms. The molecule has 1 saturated heterocycles. The summed E-state index contributed by atoms with van der Waals surface area (Å²) in [6.45, 7) is 0. The van der Waals surface area contributed by atoms with Crippen LogP contribution in [0.15, 0.2) is 146 Å². The Morgan fingerprint density at radius 2 is 0.909 bits per heavy atom. The number of allylic oxidation sites excluding steroid dienone is 2. The van der Waals surface area contributed by atoms with Crippen molar-refractivity contribution in [3.8, 4) is 0 Å². The lowest BCUT2D eigenvalue weighted by Gasteiger charge is -2.39. The Morgan fingerprint density at radius 1 is 0.500 bits per heavy atom. The number of carbonyl (C=O) groups excluding carboxylic acids is 3. The Morgan fingerprint density at radius 3 is 1.32 bits per heavy atom. The SMILES string of the molecule is O=C1[C@@H]2[C@H](C(=O)N1c1cccc(I)c1)[C@@]1(c3ccccc3)C(=O)[C@@]2(c2ccccc2)C(c2ccccc2)=C1c1ccccc1. The summed E-state index contributed by atoms with van der Waals surface area (Å²) in [5, 5.41) is 0. The monoisotopic (exact) mass is 683 g/mol. The Labute approximate surface area is 269 Å². The molecule has 0 radical (unpaired) electrons. The second-order valence-corrected chi connectivity index (χ2v) is 12.9. The van der Waals surface area contributed by atoms with Crippen molar-refractivity contribution in [2.24, 2.45) is 11.8 Å². The molecule has 2 aliphatic carbocycles. The first-order valence-electron chi connectivity index (χ1n) is 14.7. The highest BCUT2D eigenvalue weighted by Crippen LogP contribution is 2.74. The van der Waals surface area contributed by atoms with Crippen LogP contribution in [0, 0.1) is 15.4 Å². The van der Waals surface area contributed by atoms with Gasteiger partial charge in [-0.05, 0) is 74.2 Å². The number of amides is 2. The lowest BCUT2D eigenvalue weighted by molar-refractivity contribution is -0.130. The molecule has 0 unspecified atom stereocenters. The Hall–Kier alpha value is -4.62. The van der Waals surface area contributed by atoms with Crippen molar-refractivity contribution in [3.05, 3.63) is 171 Å². The fraction of sp³-hybridized carbons (Fsp3) is 0.103. The molecular formula is C39H26INO3. The van der Waals surface area contributed by atoms with E-state index in [2.05, 4.69) is 22.6 Å². The molecule has 2 amide bonds. The Balaban J connectivity index is 1.56. The minimum absolute atomic E-state index is 0.112. The van der Waals surface area contributed by atoms with E-state index in [4.69, 9.17) is 0 Å². The van der Waals surface area contributed by atoms with Crippen LogP contribution < -0.4 is 4.90 Å². The Kier molecular flexibility index (Phi) is 6.10. The third-order valence-electron chi connectivity index (χ3n) is 9.64. The van der Waals surface area contributed by atoms with Gasteiger partial charge in [-0.2, -0.15) is 0 Å². The molecule has 3 aliphatic rings. The second-order valence-electron chi connectivity index (χ2n) is 11.6. The number of halogens is 1. The summed E-state index contributed by atoms with van der Waals surface area (Å²) in [6, 6.07) is 46.5. The first kappa shape index (κ1) is 27.0. The van der Waals surface area contributed by atoms with Gasteiger partial charge >= 0.3 is 0 Å². The summed E-state index contributed by atoms with van der Waals surface area (Å²) in [4.78, 5) is 47.0. The van der Waals surface area contributed by atoms with Gasteiger partial charge in [0.05, 0.1) is 28.4 Å². The van der Waals surface area contributed by atoms with Gasteiger partial charge in [-0.15, -0.1) is 0 Å². The highest BCUT2D eigenvalue weighted by molar-refractivity contribution is 14.1. The number of anilines is 1. The number of hydrogen-bond donors (Lipinski definition) is 0. The highest BCUT2D eigenvalue weighted by atomic mass is 127. The number of nitrogens with zero attached hydrogens (tertiary/aromatic N) is 1. The molecule has 2 bridgehead atoms. The molecule has 0 spiro atoms. The summed E-state index contributed by atoms with van der Waals surface area (Å²) < 4.78 is 0.917. The van der Waals surface area contributed by atoms with E-state index >= 15 is 4.79 Å². The summed E-state index contributed by atoms with van der Waals surface area (Å²) in [5.74, 6) is -2.63. The van der Waals surface area contributed by atoms with Crippen LogP contribution in [-0.4, -0.2) is 17.6 Å². The van der Waals surface area contributed by atoms with Crippen molar-refractivity contribution < 1.29 is 14.4 Å². The summed E-state index contributed by atoms with van der Waals surface area (Å²) in [5.41, 5.74) is 2.55. The molecule has 0 aromatic heterocycles. The second kappa shape index (κ2) is 9.96. The quantitative estimate of drug-likeness (QED) is 0.143. The molecule has 4 nitrogen and oxygen atoms in total. The number of benzene rings is 5. The lowest BCUT2D eigenvalue weighted by Crippen LogP contribution is -2.45. The zero-order chi connectivity index (χ0) is 30.1. The van der Waals surface area contributed by atoms with Gasteiger partial charge in [0.1, 0.15) is 0 Å². The van der Waals surface area contributed by atoms with Crippen molar-refractivity contribution in [1.82, 2.24) is 0 Å². The van der Waals surface area contributed by atoms with E-state index in [1.807, 2.05) is 140 Å². The van der Waals surface area contributed by atoms with Gasteiger partial charge in [0.25, 0.3) is 0 Å². The minimum atomic E-state index is -1.39. The number of rotatable bonds is 5. The molecule has 212 valence electrons. The predicted molar refractivity (Wildman–Crippen MR) is 180 cm³/mol. The van der Waals surface area contributed by atoms with Crippen LogP contribution in [0.2, 0.25) is 0 Å². The number of hydrogen-bond acceptors (Lipinski definition) is 3. The first-order valence-corrected chi connectivity index (χ1v) is 15.8. The van der Waals surface area contributed by atoms with E-state index in [0.29, 0.717) is 5.69 Å². The molecule has 5 aromatic rings. The van der Waals surface area contributed by atoms with Gasteiger partial charge in [0, 0.05) is 3.57 Å². The van der Waals surface area contributed by atoms with Crippen LogP contribution in [0.5, 0.6) is 0 Å². The van der Waals surface area contributed by atoms with Gasteiger partial charge in [0.2, 0.25) is 11.8 Å². The molecular weight excluding hydrogens is 657 g/mol. The molecule has 0 N–H and O–H groups in total. The van der Waals surface area contributed by atoms with Crippen molar-refractivity contribution >= 4 is 57.0 Å². The Bertz CT molecular complexity index is 1870. The van der Waals surface area contributed by atoms with E-state index in [1.54, 1.807) is 6.07 Å². The number of fused-ring (bicyclic) bond motifs is 5. The predicted octanol–water partition coefficient (Wildman–Crippen LogP) is 7.48. The van der Waals surface area contributed by atoms with Crippen LogP contribution in [0.4, 0.5) is 5.69 Å². The molecule has 8 rings (SSSR count). The van der Waals surface area contributed by atoms with Crippen molar-refractivity contribution in [2.75, 3.05) is 4.90 Å². The fourth-order valence-electron chi connectivity index (χ4n) is 8.20. The molecule has 5 aromatic carbocycles. The lowest BCUT2D eigenvalue weighted by atomic mass is 9.59. The number of carbonyl (C=O) groups is 3. The molecule has 1 saturated carbocycles. The fourth-order valence-corrected chi connectivity index (χ4v) is 8.73. The van der Waals surface area contributed by atoms with E-state index in [1.165, 1.54) is 4.90 Å². The molecule has 1 heterocycles. The standard InChI is InChI=1S/C39H26INO3/c40-29-22-13-23-30(24-29)41-35(42)33-34(36(41)43)39(28-20-11-4-12-21-28)32(26-16-7-2-8-17-26)31(25-14-5-1-6-15-25)38(33,37(39)44)27-18-9-3-10-19-27/h1-24,33-34H/t33-,34+,38-,39-/m0/s1. The topological polar surface area (TPSA) is 54.5 Å². The van der Waals surface area contributed by atoms with Gasteiger partial charge < -0.3 is 0 Å². The summed E-state index contributed by atoms with van der Waals surface area (Å²) >= 11 is 2.20. The van der Waals surface area contributed by atoms with Gasteiger partial charge in [-0.1, -0.05) is 127 Å². The van der Waals surface area contributed by atoms with Gasteiger partial charge in [-0.3, -0.25) is 14.4 Å². The van der Waals surface area contributed by atoms with E-state index < -0.39 is 22.7 Å². The zero-order valence-corrected chi connectivity index (χ0v) is 25.7. The maximum absolute atomic E-state index is 15.8. The van der Waals surface area contributed by atoms with Crippen LogP contribution in [0.25, 0.3) is 11.1 Å². The molecule has 4 atom stereocenters. The number of ketones is 1. The van der Waals surface area contributed by atoms with Crippen molar-refractivity contribution in [2.45, 2.75) is 10.8 Å². The van der Waals surface area contributed by atoms with Crippen LogP contribution in [0.3, 0.4) is 0 Å². The van der Waals surface area contributed by atoms with Crippen LogP contribution in [-0.2, 0) is 25.2 Å². The maximum Gasteiger partial charge on any atom is 0.239 e. The van der Waals surface area contributed by atoms with E-state index in [9.17, 15) is 9.59 Å². The number of Topliss-reactive ketones (excluding diaryl/α,β-unsaturated/α-hetero) is 1. The zero-order valence-electron chi connectivity index (χ0n) is 23.6. The maximum atomic E-state index is 15.8. The third-order valence-corrected chi connectivity index (χ3v) is 10.3. The van der Waals surface area contributed by atoms with Crippen molar-refractivity contribution in [3.63, 3.8) is 0 Å². The van der Waals surface area contributed by atoms with E-state index in [0.717, 1.165) is 37.0 Å². The molecule has 1 aliphatic heterocycles. The summed E-state index contributed by atoms with van der Waals surface area (Å²) in [7, 11) is 0. The normalized spacial score (nSPS) is 25.6. The average Bonchev–Trinajstić information content (AvgIpc) is 3.58. The van der Waals surface area contributed by atoms with Crippen molar-refractivity contribution in [1.29, 1.82) is 0 Å². The largest absolute Gasteiger partial charge is 0.297 e. The number of imide groups is 1. The minimum Gasteiger partial charge on any atom is -0.297 e. The van der Waals surface area contributed by atoms with Gasteiger partial charge in [-0.25, -0.2) is 4.90 Å². The van der Waals surface area contributed by atoms with Gasteiger partial charge in [0.15, 0.2) is 5.78 Å². The summed E-state index contributed by atoms with van der Waals surface area (Å²) in [6.07, 6.45) is 0. The van der Waals surface area contributed by atoms with Crippen LogP contribution >= 0.6 is 22.6 Å². The highest BCUT2D eigenvalue weighted by Gasteiger charge is 2.82. The van der Waals surface area contributed by atoms with E-state index in [-0.39, 0.29) is 17.6 Å². The smallest absolute Gasteiger partial charge is 0.239 e. The third kappa shape index (κ3) is 3.36. The molecule has 2 fully saturated rings. The average molecular weight is 684 g/mol. The molecule has 5 heteroatoms. The van der Waals surface area contributed by atoms with Crippen LogP contribution in [0.1, 0.15) is 22.3 Å².